The first kappa shape index (κ1) is 14.7. The highest BCUT2D eigenvalue weighted by Crippen LogP contribution is 2.39. The molecular weight excluding hydrogens is 306 g/mol. The van der Waals surface area contributed by atoms with Crippen molar-refractivity contribution in [3.05, 3.63) is 22.2 Å². The molecule has 1 heterocycles. The molecule has 19 heavy (non-hydrogen) atoms. The summed E-state index contributed by atoms with van der Waals surface area (Å²) < 4.78 is 12.4. The van der Waals surface area contributed by atoms with Crippen molar-refractivity contribution in [2.24, 2.45) is 0 Å². The van der Waals surface area contributed by atoms with Crippen LogP contribution in [0.4, 0.5) is 0 Å². The van der Waals surface area contributed by atoms with Gasteiger partial charge in [-0.05, 0) is 63.4 Å². The number of halogens is 1. The maximum atomic E-state index is 5.86. The van der Waals surface area contributed by atoms with Crippen LogP contribution < -0.4 is 14.8 Å². The van der Waals surface area contributed by atoms with Crippen LogP contribution in [0.3, 0.4) is 0 Å². The van der Waals surface area contributed by atoms with Gasteiger partial charge in [0.15, 0.2) is 11.5 Å². The summed E-state index contributed by atoms with van der Waals surface area (Å²) in [6, 6.07) is 4.16. The molecule has 0 atom stereocenters. The summed E-state index contributed by atoms with van der Waals surface area (Å²) in [6.45, 7) is 6.24. The zero-order valence-electron chi connectivity index (χ0n) is 11.8. The van der Waals surface area contributed by atoms with Gasteiger partial charge in [0.25, 0.3) is 0 Å². The molecule has 4 heteroatoms. The number of benzene rings is 1. The first-order valence-corrected chi connectivity index (χ1v) is 7.66. The third-order valence-corrected chi connectivity index (χ3v) is 4.11. The number of nitrogens with one attached hydrogen (secondary N) is 1. The Balaban J connectivity index is 2.31. The van der Waals surface area contributed by atoms with E-state index in [4.69, 9.17) is 9.47 Å². The molecule has 0 spiro atoms. The summed E-state index contributed by atoms with van der Waals surface area (Å²) in [7, 11) is 1.68. The van der Waals surface area contributed by atoms with Gasteiger partial charge in [-0.15, -0.1) is 0 Å². The zero-order valence-corrected chi connectivity index (χ0v) is 13.4. The molecule has 0 bridgehead atoms. The second-order valence-electron chi connectivity index (χ2n) is 5.22. The van der Waals surface area contributed by atoms with Crippen LogP contribution in [0.15, 0.2) is 16.6 Å². The lowest BCUT2D eigenvalue weighted by Crippen LogP contribution is -2.26. The van der Waals surface area contributed by atoms with Gasteiger partial charge in [0.1, 0.15) is 0 Å². The van der Waals surface area contributed by atoms with Crippen LogP contribution in [-0.4, -0.2) is 26.3 Å². The van der Waals surface area contributed by atoms with E-state index in [1.165, 1.54) is 18.4 Å². The fourth-order valence-corrected chi connectivity index (χ4v) is 3.15. The minimum absolute atomic E-state index is 0.149. The zero-order chi connectivity index (χ0) is 13.8. The van der Waals surface area contributed by atoms with Gasteiger partial charge in [-0.2, -0.15) is 0 Å². The van der Waals surface area contributed by atoms with Crippen LogP contribution in [0.1, 0.15) is 38.2 Å². The summed E-state index contributed by atoms with van der Waals surface area (Å²) in [5.41, 5.74) is 1.33. The quantitative estimate of drug-likeness (QED) is 0.914. The molecule has 1 fully saturated rings. The molecule has 0 saturated carbocycles. The van der Waals surface area contributed by atoms with Crippen molar-refractivity contribution < 1.29 is 9.47 Å². The maximum Gasteiger partial charge on any atom is 0.161 e. The van der Waals surface area contributed by atoms with Crippen LogP contribution in [0.25, 0.3) is 0 Å². The highest BCUT2D eigenvalue weighted by molar-refractivity contribution is 9.10. The molecule has 0 unspecified atom stereocenters. The summed E-state index contributed by atoms with van der Waals surface area (Å²) in [6.07, 6.45) is 2.49. The Morgan fingerprint density at radius 3 is 2.47 bits per heavy atom. The minimum Gasteiger partial charge on any atom is -0.493 e. The van der Waals surface area contributed by atoms with Gasteiger partial charge in [0.05, 0.1) is 13.2 Å². The molecule has 1 aromatic rings. The number of hydrogen-bond donors (Lipinski definition) is 1. The first-order valence-electron chi connectivity index (χ1n) is 6.86. The van der Waals surface area contributed by atoms with E-state index < -0.39 is 0 Å². The van der Waals surface area contributed by atoms with Crippen molar-refractivity contribution in [2.45, 2.75) is 38.7 Å². The molecule has 1 saturated heterocycles. The van der Waals surface area contributed by atoms with Gasteiger partial charge < -0.3 is 14.8 Å². The number of ether oxygens (including phenoxy) is 2. The molecule has 0 amide bonds. The van der Waals surface area contributed by atoms with Crippen molar-refractivity contribution >= 4 is 15.9 Å². The van der Waals surface area contributed by atoms with Crippen molar-refractivity contribution in [1.82, 2.24) is 5.32 Å². The molecule has 1 aliphatic rings. The van der Waals surface area contributed by atoms with Gasteiger partial charge in [0.2, 0.25) is 0 Å². The lowest BCUT2D eigenvalue weighted by molar-refractivity contribution is 0.229. The Morgan fingerprint density at radius 2 is 1.89 bits per heavy atom. The topological polar surface area (TPSA) is 30.5 Å². The highest BCUT2D eigenvalue weighted by Gasteiger charge is 2.20. The normalized spacial score (nSPS) is 16.7. The summed E-state index contributed by atoms with van der Waals surface area (Å²) in [5, 5.41) is 3.40. The average Bonchev–Trinajstić information content (AvgIpc) is 2.40. The van der Waals surface area contributed by atoms with Gasteiger partial charge in [0, 0.05) is 4.47 Å². The summed E-state index contributed by atoms with van der Waals surface area (Å²) >= 11 is 3.67. The Morgan fingerprint density at radius 1 is 1.21 bits per heavy atom. The SMILES string of the molecule is COc1cc(Br)c(C2CCNCC2)cc1OC(C)C. The molecule has 0 radical (unpaired) electrons. The van der Waals surface area contributed by atoms with E-state index in [1.807, 2.05) is 19.9 Å². The Labute approximate surface area is 123 Å². The number of piperidine rings is 1. The van der Waals surface area contributed by atoms with Gasteiger partial charge in [-0.25, -0.2) is 0 Å². The monoisotopic (exact) mass is 327 g/mol. The van der Waals surface area contributed by atoms with Crippen molar-refractivity contribution in [2.75, 3.05) is 20.2 Å². The second-order valence-corrected chi connectivity index (χ2v) is 6.07. The summed E-state index contributed by atoms with van der Waals surface area (Å²) in [5.74, 6) is 2.23. The summed E-state index contributed by atoms with van der Waals surface area (Å²) in [4.78, 5) is 0. The van der Waals surface area contributed by atoms with Crippen molar-refractivity contribution in [1.29, 1.82) is 0 Å². The van der Waals surface area contributed by atoms with Crippen LogP contribution in [0, 0.1) is 0 Å². The predicted molar refractivity (Wildman–Crippen MR) is 81.3 cm³/mol. The predicted octanol–water partition coefficient (Wildman–Crippen LogP) is 3.71. The molecule has 2 rings (SSSR count). The number of methoxy groups -OCH3 is 1. The Hall–Kier alpha value is -0.740. The molecule has 0 aromatic heterocycles. The van der Waals surface area contributed by atoms with E-state index in [0.29, 0.717) is 5.92 Å². The van der Waals surface area contributed by atoms with Crippen LogP contribution in [0.2, 0.25) is 0 Å². The third-order valence-electron chi connectivity index (χ3n) is 3.42. The average molecular weight is 328 g/mol. The van der Waals surface area contributed by atoms with Crippen LogP contribution in [0.5, 0.6) is 11.5 Å². The van der Waals surface area contributed by atoms with Gasteiger partial charge in [-0.3, -0.25) is 0 Å². The maximum absolute atomic E-state index is 5.86. The molecule has 1 aliphatic heterocycles. The first-order chi connectivity index (χ1) is 9.11. The van der Waals surface area contributed by atoms with E-state index in [-0.39, 0.29) is 6.10 Å². The van der Waals surface area contributed by atoms with E-state index in [2.05, 4.69) is 27.3 Å². The lowest BCUT2D eigenvalue weighted by Gasteiger charge is -2.25. The fourth-order valence-electron chi connectivity index (χ4n) is 2.50. The van der Waals surface area contributed by atoms with Gasteiger partial charge >= 0.3 is 0 Å². The van der Waals surface area contributed by atoms with E-state index in [9.17, 15) is 0 Å². The van der Waals surface area contributed by atoms with Crippen LogP contribution >= 0.6 is 15.9 Å². The second kappa shape index (κ2) is 6.62. The minimum atomic E-state index is 0.149. The van der Waals surface area contributed by atoms with E-state index >= 15 is 0 Å². The molecule has 106 valence electrons. The molecule has 0 aliphatic carbocycles. The molecular formula is C15H22BrNO2. The van der Waals surface area contributed by atoms with Crippen molar-refractivity contribution in [3.8, 4) is 11.5 Å². The fraction of sp³-hybridized carbons (Fsp3) is 0.600. The van der Waals surface area contributed by atoms with E-state index in [1.54, 1.807) is 7.11 Å². The Kier molecular flexibility index (Phi) is 5.11. The molecule has 1 N–H and O–H groups in total. The number of rotatable bonds is 4. The molecule has 1 aromatic carbocycles. The lowest BCUT2D eigenvalue weighted by atomic mass is 9.90. The largest absolute Gasteiger partial charge is 0.493 e. The van der Waals surface area contributed by atoms with Gasteiger partial charge in [-0.1, -0.05) is 15.9 Å². The Bertz CT molecular complexity index is 428. The smallest absolute Gasteiger partial charge is 0.161 e. The third kappa shape index (κ3) is 3.63. The highest BCUT2D eigenvalue weighted by atomic mass is 79.9. The molecule has 3 nitrogen and oxygen atoms in total. The van der Waals surface area contributed by atoms with Crippen LogP contribution in [-0.2, 0) is 0 Å². The standard InChI is InChI=1S/C15H22BrNO2/c1-10(2)19-15-8-12(11-4-6-17-7-5-11)13(16)9-14(15)18-3/h8-11,17H,4-7H2,1-3H3. The van der Waals surface area contributed by atoms with E-state index in [0.717, 1.165) is 29.1 Å². The van der Waals surface area contributed by atoms with Crippen molar-refractivity contribution in [3.63, 3.8) is 0 Å². The number of hydrogen-bond acceptors (Lipinski definition) is 3.